The highest BCUT2D eigenvalue weighted by Crippen LogP contribution is 2.28. The molecule has 2 N–H and O–H groups in total. The molecule has 1 aliphatic rings. The van der Waals surface area contributed by atoms with Crippen LogP contribution in [0.2, 0.25) is 0 Å². The molecule has 0 saturated carbocycles. The number of nitrogens with zero attached hydrogens (tertiary/aromatic N) is 2. The van der Waals surface area contributed by atoms with E-state index in [-0.39, 0.29) is 5.91 Å². The average Bonchev–Trinajstić information content (AvgIpc) is 2.67. The Morgan fingerprint density at radius 1 is 1.37 bits per heavy atom. The van der Waals surface area contributed by atoms with Crippen LogP contribution in [0.15, 0.2) is 18.2 Å². The number of hydrogen-bond acceptors (Lipinski definition) is 3. The molecule has 19 heavy (non-hydrogen) atoms. The maximum atomic E-state index is 12.7. The predicted molar refractivity (Wildman–Crippen MR) is 79.5 cm³/mol. The SMILES string of the molecule is CC1CC(C)N(C(=O)c2cc(N)ccc2N(C)C)C1. The minimum Gasteiger partial charge on any atom is -0.399 e. The van der Waals surface area contributed by atoms with E-state index in [1.165, 1.54) is 0 Å². The first-order chi connectivity index (χ1) is 8.90. The second-order valence-corrected chi connectivity index (χ2v) is 5.82. The first kappa shape index (κ1) is 13.7. The molecule has 1 fully saturated rings. The standard InChI is InChI=1S/C15H23N3O/c1-10-7-11(2)18(9-10)15(19)13-8-12(16)5-6-14(13)17(3)4/h5-6,8,10-11H,7,9,16H2,1-4H3. The van der Waals surface area contributed by atoms with Gasteiger partial charge in [0.1, 0.15) is 0 Å². The third-order valence-corrected chi connectivity index (χ3v) is 3.78. The molecule has 1 aliphatic heterocycles. The summed E-state index contributed by atoms with van der Waals surface area (Å²) in [6, 6.07) is 5.83. The minimum absolute atomic E-state index is 0.0906. The van der Waals surface area contributed by atoms with Gasteiger partial charge >= 0.3 is 0 Å². The summed E-state index contributed by atoms with van der Waals surface area (Å²) in [5, 5.41) is 0. The summed E-state index contributed by atoms with van der Waals surface area (Å²) < 4.78 is 0. The van der Waals surface area contributed by atoms with E-state index in [2.05, 4.69) is 13.8 Å². The largest absolute Gasteiger partial charge is 0.399 e. The molecule has 2 atom stereocenters. The van der Waals surface area contributed by atoms with Crippen LogP contribution in [0.4, 0.5) is 11.4 Å². The van der Waals surface area contributed by atoms with Crippen molar-refractivity contribution in [2.75, 3.05) is 31.3 Å². The zero-order valence-corrected chi connectivity index (χ0v) is 12.2. The topological polar surface area (TPSA) is 49.6 Å². The van der Waals surface area contributed by atoms with Crippen LogP contribution in [0.1, 0.15) is 30.6 Å². The summed E-state index contributed by atoms with van der Waals surface area (Å²) in [6.07, 6.45) is 1.07. The summed E-state index contributed by atoms with van der Waals surface area (Å²) in [7, 11) is 3.89. The summed E-state index contributed by atoms with van der Waals surface area (Å²) in [4.78, 5) is 16.6. The molecule has 1 aromatic carbocycles. The summed E-state index contributed by atoms with van der Waals surface area (Å²) in [6.45, 7) is 5.14. The second-order valence-electron chi connectivity index (χ2n) is 5.82. The van der Waals surface area contributed by atoms with Crippen molar-refractivity contribution in [3.63, 3.8) is 0 Å². The minimum atomic E-state index is 0.0906. The van der Waals surface area contributed by atoms with E-state index >= 15 is 0 Å². The number of nitrogen functional groups attached to an aromatic ring is 1. The molecule has 0 aromatic heterocycles. The Labute approximate surface area is 115 Å². The van der Waals surface area contributed by atoms with Crippen molar-refractivity contribution in [1.29, 1.82) is 0 Å². The molecule has 1 heterocycles. The highest BCUT2D eigenvalue weighted by molar-refractivity contribution is 6.01. The maximum absolute atomic E-state index is 12.7. The predicted octanol–water partition coefficient (Wildman–Crippen LogP) is 2.21. The summed E-state index contributed by atoms with van der Waals surface area (Å²) in [5.74, 6) is 0.663. The third-order valence-electron chi connectivity index (χ3n) is 3.78. The Morgan fingerprint density at radius 2 is 2.05 bits per heavy atom. The Morgan fingerprint density at radius 3 is 2.58 bits per heavy atom. The average molecular weight is 261 g/mol. The molecule has 4 nitrogen and oxygen atoms in total. The number of rotatable bonds is 2. The van der Waals surface area contributed by atoms with Crippen molar-refractivity contribution in [2.24, 2.45) is 5.92 Å². The van der Waals surface area contributed by atoms with Crippen LogP contribution >= 0.6 is 0 Å². The fourth-order valence-electron chi connectivity index (χ4n) is 2.85. The number of carbonyl (C=O) groups excluding carboxylic acids is 1. The molecule has 4 heteroatoms. The fourth-order valence-corrected chi connectivity index (χ4v) is 2.85. The molecule has 104 valence electrons. The van der Waals surface area contributed by atoms with E-state index in [1.54, 1.807) is 6.07 Å². The Balaban J connectivity index is 2.35. The van der Waals surface area contributed by atoms with Gasteiger partial charge in [-0.1, -0.05) is 6.92 Å². The number of carbonyl (C=O) groups is 1. The van der Waals surface area contributed by atoms with Gasteiger partial charge in [0.25, 0.3) is 5.91 Å². The van der Waals surface area contributed by atoms with E-state index < -0.39 is 0 Å². The molecule has 0 aliphatic carbocycles. The van der Waals surface area contributed by atoms with Gasteiger partial charge in [-0.15, -0.1) is 0 Å². The van der Waals surface area contributed by atoms with Gasteiger partial charge in [-0.3, -0.25) is 4.79 Å². The molecule has 2 rings (SSSR count). The molecule has 1 saturated heterocycles. The molecule has 1 amide bonds. The molecule has 2 unspecified atom stereocenters. The van der Waals surface area contributed by atoms with Gasteiger partial charge in [0.2, 0.25) is 0 Å². The van der Waals surface area contributed by atoms with E-state index in [9.17, 15) is 4.79 Å². The molecule has 0 bridgehead atoms. The van der Waals surface area contributed by atoms with E-state index in [1.807, 2.05) is 36.0 Å². The summed E-state index contributed by atoms with van der Waals surface area (Å²) in [5.41, 5.74) is 8.09. The van der Waals surface area contributed by atoms with Crippen LogP contribution in [0.25, 0.3) is 0 Å². The zero-order valence-electron chi connectivity index (χ0n) is 12.2. The lowest BCUT2D eigenvalue weighted by Gasteiger charge is -2.25. The van der Waals surface area contributed by atoms with Gasteiger partial charge < -0.3 is 15.5 Å². The Bertz CT molecular complexity index is 484. The van der Waals surface area contributed by atoms with Crippen molar-refractivity contribution in [3.8, 4) is 0 Å². The van der Waals surface area contributed by atoms with Crippen LogP contribution in [0.5, 0.6) is 0 Å². The van der Waals surface area contributed by atoms with Gasteiger partial charge in [-0.25, -0.2) is 0 Å². The third kappa shape index (κ3) is 2.67. The van der Waals surface area contributed by atoms with Crippen molar-refractivity contribution >= 4 is 17.3 Å². The van der Waals surface area contributed by atoms with Gasteiger partial charge in [-0.2, -0.15) is 0 Å². The number of amides is 1. The van der Waals surface area contributed by atoms with Gasteiger partial charge in [0.05, 0.1) is 5.56 Å². The van der Waals surface area contributed by atoms with Crippen LogP contribution in [-0.4, -0.2) is 37.5 Å². The number of likely N-dealkylation sites (tertiary alicyclic amines) is 1. The molecule has 1 aromatic rings. The van der Waals surface area contributed by atoms with Crippen molar-refractivity contribution in [3.05, 3.63) is 23.8 Å². The first-order valence-electron chi connectivity index (χ1n) is 6.78. The monoisotopic (exact) mass is 261 g/mol. The first-order valence-corrected chi connectivity index (χ1v) is 6.78. The van der Waals surface area contributed by atoms with Gasteiger partial charge in [-0.05, 0) is 37.5 Å². The highest BCUT2D eigenvalue weighted by Gasteiger charge is 2.31. The fraction of sp³-hybridized carbons (Fsp3) is 0.533. The lowest BCUT2D eigenvalue weighted by atomic mass is 10.1. The number of benzene rings is 1. The van der Waals surface area contributed by atoms with Crippen LogP contribution in [0.3, 0.4) is 0 Å². The normalized spacial score (nSPS) is 22.6. The van der Waals surface area contributed by atoms with Crippen molar-refractivity contribution in [2.45, 2.75) is 26.3 Å². The Hall–Kier alpha value is -1.71. The number of hydrogen-bond donors (Lipinski definition) is 1. The van der Waals surface area contributed by atoms with Gasteiger partial charge in [0, 0.05) is 38.1 Å². The number of nitrogens with two attached hydrogens (primary N) is 1. The van der Waals surface area contributed by atoms with Crippen molar-refractivity contribution in [1.82, 2.24) is 4.90 Å². The van der Waals surface area contributed by atoms with Gasteiger partial charge in [0.15, 0.2) is 0 Å². The number of anilines is 2. The van der Waals surface area contributed by atoms with Crippen LogP contribution in [-0.2, 0) is 0 Å². The maximum Gasteiger partial charge on any atom is 0.256 e. The smallest absolute Gasteiger partial charge is 0.256 e. The Kier molecular flexibility index (Phi) is 3.69. The van der Waals surface area contributed by atoms with E-state index in [0.29, 0.717) is 23.2 Å². The molecule has 0 radical (unpaired) electrons. The zero-order chi connectivity index (χ0) is 14.2. The van der Waals surface area contributed by atoms with Crippen molar-refractivity contribution < 1.29 is 4.79 Å². The van der Waals surface area contributed by atoms with Crippen LogP contribution < -0.4 is 10.6 Å². The quantitative estimate of drug-likeness (QED) is 0.830. The van der Waals surface area contributed by atoms with E-state index in [4.69, 9.17) is 5.73 Å². The highest BCUT2D eigenvalue weighted by atomic mass is 16.2. The summed E-state index contributed by atoms with van der Waals surface area (Å²) >= 11 is 0. The van der Waals surface area contributed by atoms with E-state index in [0.717, 1.165) is 18.7 Å². The lowest BCUT2D eigenvalue weighted by molar-refractivity contribution is 0.0744. The molecular formula is C15H23N3O. The second kappa shape index (κ2) is 5.11. The lowest BCUT2D eigenvalue weighted by Crippen LogP contribution is -2.35. The molecule has 0 spiro atoms. The molecular weight excluding hydrogens is 238 g/mol. The van der Waals surface area contributed by atoms with Crippen LogP contribution in [0, 0.1) is 5.92 Å².